The Morgan fingerprint density at radius 2 is 1.76 bits per heavy atom. The van der Waals surface area contributed by atoms with Crippen LogP contribution in [0, 0.1) is 17.0 Å². The maximum atomic E-state index is 14.2. The summed E-state index contributed by atoms with van der Waals surface area (Å²) in [7, 11) is -3.34. The van der Waals surface area contributed by atoms with Crippen LogP contribution in [0.2, 0.25) is 15.1 Å². The molecule has 1 N–H and O–H groups in total. The molecule has 0 aromatic heterocycles. The van der Waals surface area contributed by atoms with Gasteiger partial charge in [0.05, 0.1) is 32.7 Å². The predicted octanol–water partition coefficient (Wildman–Crippen LogP) is 6.40. The summed E-state index contributed by atoms with van der Waals surface area (Å²) in [6.07, 6.45) is 1.56. The Balaban J connectivity index is 2.15. The zero-order chi connectivity index (χ0) is 33.5. The molecule has 0 bridgehead atoms. The van der Waals surface area contributed by atoms with Gasteiger partial charge in [-0.25, -0.2) is 8.42 Å². The van der Waals surface area contributed by atoms with Gasteiger partial charge in [0.15, 0.2) is 0 Å². The first-order valence-corrected chi connectivity index (χ1v) is 16.4. The fourth-order valence-corrected chi connectivity index (χ4v) is 6.32. The topological polar surface area (TPSA) is 139 Å². The molecule has 11 nitrogen and oxygen atoms in total. The molecule has 0 radical (unpaired) electrons. The van der Waals surface area contributed by atoms with Crippen LogP contribution in [-0.2, 0) is 26.2 Å². The molecule has 0 heterocycles. The molecule has 3 rings (SSSR count). The number of rotatable bonds is 14. The van der Waals surface area contributed by atoms with Gasteiger partial charge in [0.1, 0.15) is 18.3 Å². The highest BCUT2D eigenvalue weighted by atomic mass is 35.5. The highest BCUT2D eigenvalue weighted by Gasteiger charge is 2.35. The van der Waals surface area contributed by atoms with Crippen LogP contribution in [0.5, 0.6) is 5.75 Å². The van der Waals surface area contributed by atoms with E-state index in [1.54, 1.807) is 18.2 Å². The van der Waals surface area contributed by atoms with Gasteiger partial charge in [0.2, 0.25) is 11.8 Å². The average Bonchev–Trinajstić information content (AvgIpc) is 2.99. The number of carbonyl (C=O) groups excluding carboxylic acids is 2. The van der Waals surface area contributed by atoms with Crippen molar-refractivity contribution in [2.24, 2.45) is 0 Å². The van der Waals surface area contributed by atoms with Gasteiger partial charge in [0, 0.05) is 29.7 Å². The lowest BCUT2D eigenvalue weighted by molar-refractivity contribution is -0.385. The SMILES string of the molecule is CCCCNC(=O)[C@@H](C)N(Cc1ccc(Cl)c(Cl)c1)C(=O)CN(c1cc(Cl)ccc1OC)S(=O)(=O)c1ccc(C)c([N+](=O)[O-])c1. The largest absolute Gasteiger partial charge is 0.495 e. The van der Waals surface area contributed by atoms with Crippen molar-refractivity contribution in [3.63, 3.8) is 0 Å². The molecule has 0 aliphatic heterocycles. The molecule has 3 aromatic carbocycles. The van der Waals surface area contributed by atoms with Crippen LogP contribution in [0.1, 0.15) is 37.8 Å². The summed E-state index contributed by atoms with van der Waals surface area (Å²) in [4.78, 5) is 39.0. The molecule has 242 valence electrons. The molecule has 45 heavy (non-hydrogen) atoms. The van der Waals surface area contributed by atoms with Crippen LogP contribution in [0.3, 0.4) is 0 Å². The molecule has 0 fully saturated rings. The molecule has 0 saturated carbocycles. The van der Waals surface area contributed by atoms with E-state index in [-0.39, 0.29) is 33.6 Å². The van der Waals surface area contributed by atoms with Crippen molar-refractivity contribution in [3.8, 4) is 5.75 Å². The summed E-state index contributed by atoms with van der Waals surface area (Å²) in [5.41, 5.74) is 0.280. The van der Waals surface area contributed by atoms with Gasteiger partial charge in [-0.3, -0.25) is 24.0 Å². The minimum Gasteiger partial charge on any atom is -0.495 e. The average molecular weight is 700 g/mol. The maximum absolute atomic E-state index is 14.2. The van der Waals surface area contributed by atoms with Crippen molar-refractivity contribution >= 4 is 68.0 Å². The van der Waals surface area contributed by atoms with Crippen molar-refractivity contribution in [1.82, 2.24) is 10.2 Å². The molecule has 2 amide bonds. The number of unbranched alkanes of at least 4 members (excludes halogenated alkanes) is 1. The second kappa shape index (κ2) is 15.6. The normalized spacial score (nSPS) is 11.9. The zero-order valence-electron chi connectivity index (χ0n) is 25.1. The molecule has 15 heteroatoms. The number of benzene rings is 3. The molecule has 3 aromatic rings. The third kappa shape index (κ3) is 8.78. The third-order valence-corrected chi connectivity index (χ3v) is 9.72. The summed E-state index contributed by atoms with van der Waals surface area (Å²) < 4.78 is 34.6. The number of methoxy groups -OCH3 is 1. The number of nitro benzene ring substituents is 1. The number of amides is 2. The van der Waals surface area contributed by atoms with Gasteiger partial charge in [-0.1, -0.05) is 60.3 Å². The summed E-state index contributed by atoms with van der Waals surface area (Å²) >= 11 is 18.5. The van der Waals surface area contributed by atoms with Gasteiger partial charge in [-0.15, -0.1) is 0 Å². The van der Waals surface area contributed by atoms with Crippen molar-refractivity contribution in [3.05, 3.63) is 90.9 Å². The van der Waals surface area contributed by atoms with Crippen LogP contribution in [0.15, 0.2) is 59.5 Å². The Morgan fingerprint density at radius 3 is 2.38 bits per heavy atom. The number of hydrogen-bond donors (Lipinski definition) is 1. The minimum absolute atomic E-state index is 0.0683. The van der Waals surface area contributed by atoms with E-state index in [1.807, 2.05) is 6.92 Å². The maximum Gasteiger partial charge on any atom is 0.273 e. The second-order valence-corrected chi connectivity index (χ2v) is 13.2. The molecule has 0 unspecified atom stereocenters. The summed E-state index contributed by atoms with van der Waals surface area (Å²) in [6.45, 7) is 4.43. The first-order valence-electron chi connectivity index (χ1n) is 13.8. The number of aryl methyl sites for hydroxylation is 1. The quantitative estimate of drug-likeness (QED) is 0.117. The number of halogens is 3. The second-order valence-electron chi connectivity index (χ2n) is 10.1. The number of anilines is 1. The molecule has 0 saturated heterocycles. The van der Waals surface area contributed by atoms with Crippen molar-refractivity contribution in [2.75, 3.05) is 24.5 Å². The predicted molar refractivity (Wildman–Crippen MR) is 175 cm³/mol. The van der Waals surface area contributed by atoms with Gasteiger partial charge < -0.3 is 15.0 Å². The van der Waals surface area contributed by atoms with E-state index in [2.05, 4.69) is 5.32 Å². The number of ether oxygens (including phenoxy) is 1. The molecular weight excluding hydrogens is 667 g/mol. The Labute approximate surface area is 277 Å². The molecule has 0 aliphatic carbocycles. The van der Waals surface area contributed by atoms with Gasteiger partial charge >= 0.3 is 0 Å². The lowest BCUT2D eigenvalue weighted by Gasteiger charge is -2.32. The number of hydrogen-bond acceptors (Lipinski definition) is 7. The van der Waals surface area contributed by atoms with E-state index < -0.39 is 49.9 Å². The Kier molecular flexibility index (Phi) is 12.5. The fraction of sp³-hybridized carbons (Fsp3) is 0.333. The number of sulfonamides is 1. The first-order chi connectivity index (χ1) is 21.2. The zero-order valence-corrected chi connectivity index (χ0v) is 28.1. The minimum atomic E-state index is -4.65. The van der Waals surface area contributed by atoms with Gasteiger partial charge in [0.25, 0.3) is 15.7 Å². The summed E-state index contributed by atoms with van der Waals surface area (Å²) in [5.74, 6) is -1.13. The monoisotopic (exact) mass is 698 g/mol. The van der Waals surface area contributed by atoms with E-state index in [4.69, 9.17) is 39.5 Å². The lowest BCUT2D eigenvalue weighted by Crippen LogP contribution is -2.51. The molecule has 0 spiro atoms. The van der Waals surface area contributed by atoms with E-state index >= 15 is 0 Å². The van der Waals surface area contributed by atoms with Gasteiger partial charge in [-0.2, -0.15) is 0 Å². The Morgan fingerprint density at radius 1 is 1.04 bits per heavy atom. The van der Waals surface area contributed by atoms with Crippen LogP contribution in [0.25, 0.3) is 0 Å². The third-order valence-electron chi connectivity index (χ3n) is 6.99. The highest BCUT2D eigenvalue weighted by molar-refractivity contribution is 7.92. The summed E-state index contributed by atoms with van der Waals surface area (Å²) in [6, 6.07) is 11.4. The smallest absolute Gasteiger partial charge is 0.273 e. The van der Waals surface area contributed by atoms with Crippen LogP contribution in [0.4, 0.5) is 11.4 Å². The number of nitrogens with zero attached hydrogens (tertiary/aromatic N) is 3. The van der Waals surface area contributed by atoms with E-state index in [1.165, 1.54) is 56.2 Å². The van der Waals surface area contributed by atoms with Crippen LogP contribution < -0.4 is 14.4 Å². The van der Waals surface area contributed by atoms with Crippen molar-refractivity contribution in [1.29, 1.82) is 0 Å². The standard InChI is InChI=1S/C30H33Cl3N4O7S/c1-5-6-13-34-30(39)20(3)35(17-21-8-11-24(32)25(33)14-21)29(38)18-36(27-15-22(31)9-12-28(27)44-4)45(42,43)23-10-7-19(2)26(16-23)37(40)41/h7-12,14-16,20H,5-6,13,17-18H2,1-4H3,(H,34,39)/t20-/m1/s1. The molecular formula is C30H33Cl3N4O7S. The fourth-order valence-electron chi connectivity index (χ4n) is 4.40. The molecule has 1 atom stereocenters. The van der Waals surface area contributed by atoms with E-state index in [0.29, 0.717) is 17.1 Å². The first kappa shape index (κ1) is 35.9. The Hall–Kier alpha value is -3.58. The van der Waals surface area contributed by atoms with E-state index in [9.17, 15) is 28.1 Å². The van der Waals surface area contributed by atoms with Crippen LogP contribution in [-0.4, -0.2) is 56.3 Å². The number of carbonyl (C=O) groups is 2. The van der Waals surface area contributed by atoms with Gasteiger partial charge in [-0.05, 0) is 62.2 Å². The number of nitro groups is 1. The molecule has 0 aliphatic rings. The van der Waals surface area contributed by atoms with E-state index in [0.717, 1.165) is 23.2 Å². The lowest BCUT2D eigenvalue weighted by atomic mass is 10.1. The van der Waals surface area contributed by atoms with Crippen molar-refractivity contribution in [2.45, 2.75) is 51.1 Å². The van der Waals surface area contributed by atoms with Crippen molar-refractivity contribution < 1.29 is 27.7 Å². The number of nitrogens with one attached hydrogen (secondary N) is 1. The Bertz CT molecular complexity index is 1690. The highest BCUT2D eigenvalue weighted by Crippen LogP contribution is 2.36. The summed E-state index contributed by atoms with van der Waals surface area (Å²) in [5, 5.41) is 15.1. The van der Waals surface area contributed by atoms with Crippen LogP contribution >= 0.6 is 34.8 Å².